The summed E-state index contributed by atoms with van der Waals surface area (Å²) in [7, 11) is 0. The molecular formula is C8H11N. The third-order valence-electron chi connectivity index (χ3n) is 2.36. The highest BCUT2D eigenvalue weighted by atomic mass is 14.5. The number of rotatable bonds is 0. The zero-order valence-electron chi connectivity index (χ0n) is 5.38. The minimum absolute atomic E-state index is 0.708. The number of fused-ring (bicyclic) bond motifs is 2. The Morgan fingerprint density at radius 2 is 2.44 bits per heavy atom. The van der Waals surface area contributed by atoms with E-state index in [1.165, 1.54) is 18.4 Å². The van der Waals surface area contributed by atoms with Crippen molar-refractivity contribution >= 4 is 0 Å². The van der Waals surface area contributed by atoms with Crippen molar-refractivity contribution in [1.29, 1.82) is 0 Å². The molecule has 1 fully saturated rings. The van der Waals surface area contributed by atoms with Crippen LogP contribution in [0, 0.1) is 11.8 Å². The average Bonchev–Trinajstić information content (AvgIpc) is 2.45. The summed E-state index contributed by atoms with van der Waals surface area (Å²) in [5, 5.41) is 0. The first-order chi connectivity index (χ1) is 4.40. The van der Waals surface area contributed by atoms with Crippen LogP contribution in [0.4, 0.5) is 0 Å². The van der Waals surface area contributed by atoms with Gasteiger partial charge >= 0.3 is 0 Å². The van der Waals surface area contributed by atoms with E-state index in [1.54, 1.807) is 6.20 Å². The fourth-order valence-electron chi connectivity index (χ4n) is 1.85. The predicted octanol–water partition coefficient (Wildman–Crippen LogP) is 1.43. The Morgan fingerprint density at radius 3 is 2.78 bits per heavy atom. The number of hydrogen-bond acceptors (Lipinski definition) is 1. The fraction of sp³-hybridized carbons (Fsp3) is 0.500. The van der Waals surface area contributed by atoms with Crippen molar-refractivity contribution in [2.75, 3.05) is 0 Å². The zero-order chi connectivity index (χ0) is 6.27. The maximum absolute atomic E-state index is 5.42. The highest BCUT2D eigenvalue weighted by Crippen LogP contribution is 2.42. The Morgan fingerprint density at radius 1 is 1.56 bits per heavy atom. The van der Waals surface area contributed by atoms with Crippen LogP contribution in [0.3, 0.4) is 0 Å². The molecule has 0 heterocycles. The van der Waals surface area contributed by atoms with Crippen LogP contribution in [-0.4, -0.2) is 0 Å². The molecule has 0 unspecified atom stereocenters. The smallest absolute Gasteiger partial charge is 0.00000549 e. The van der Waals surface area contributed by atoms with Gasteiger partial charge in [0, 0.05) is 0 Å². The summed E-state index contributed by atoms with van der Waals surface area (Å²) in [6.45, 7) is 0. The second kappa shape index (κ2) is 1.63. The van der Waals surface area contributed by atoms with Crippen LogP contribution in [0.2, 0.25) is 0 Å². The van der Waals surface area contributed by atoms with E-state index in [0.717, 1.165) is 5.92 Å². The SMILES string of the molecule is N/C=C1\C[C@H]2C=C[C@H]1C2. The average molecular weight is 121 g/mol. The van der Waals surface area contributed by atoms with E-state index in [-0.39, 0.29) is 0 Å². The molecule has 9 heavy (non-hydrogen) atoms. The van der Waals surface area contributed by atoms with Crippen molar-refractivity contribution in [3.63, 3.8) is 0 Å². The van der Waals surface area contributed by atoms with E-state index in [0.29, 0.717) is 5.92 Å². The molecule has 2 aliphatic carbocycles. The van der Waals surface area contributed by atoms with E-state index >= 15 is 0 Å². The standard InChI is InChI=1S/C8H11N/c9-5-8-4-6-1-2-7(8)3-6/h1-2,5-7H,3-4,9H2/b8-5+/t6-,7-/m0/s1. The Kier molecular flexibility index (Phi) is 0.922. The maximum atomic E-state index is 5.42. The molecule has 1 saturated carbocycles. The van der Waals surface area contributed by atoms with Crippen LogP contribution >= 0.6 is 0 Å². The van der Waals surface area contributed by atoms with Gasteiger partial charge in [-0.15, -0.1) is 0 Å². The van der Waals surface area contributed by atoms with Gasteiger partial charge in [-0.25, -0.2) is 0 Å². The van der Waals surface area contributed by atoms with Gasteiger partial charge in [0.1, 0.15) is 0 Å². The molecule has 0 spiro atoms. The summed E-state index contributed by atoms with van der Waals surface area (Å²) in [6.07, 6.45) is 8.93. The van der Waals surface area contributed by atoms with Gasteiger partial charge < -0.3 is 5.73 Å². The van der Waals surface area contributed by atoms with Gasteiger partial charge in [0.25, 0.3) is 0 Å². The van der Waals surface area contributed by atoms with Crippen LogP contribution in [0.25, 0.3) is 0 Å². The first-order valence-electron chi connectivity index (χ1n) is 3.49. The van der Waals surface area contributed by atoms with E-state index in [2.05, 4.69) is 12.2 Å². The topological polar surface area (TPSA) is 26.0 Å². The Hall–Kier alpha value is -0.720. The quantitative estimate of drug-likeness (QED) is 0.482. The molecule has 1 nitrogen and oxygen atoms in total. The third kappa shape index (κ3) is 0.607. The molecule has 2 atom stereocenters. The van der Waals surface area contributed by atoms with Crippen molar-refractivity contribution in [2.45, 2.75) is 12.8 Å². The molecule has 2 rings (SSSR count). The first-order valence-corrected chi connectivity index (χ1v) is 3.49. The summed E-state index contributed by atoms with van der Waals surface area (Å²) >= 11 is 0. The molecule has 0 amide bonds. The molecule has 0 saturated heterocycles. The van der Waals surface area contributed by atoms with Crippen LogP contribution in [0.5, 0.6) is 0 Å². The van der Waals surface area contributed by atoms with Gasteiger partial charge in [0.15, 0.2) is 0 Å². The molecule has 0 aromatic carbocycles. The van der Waals surface area contributed by atoms with Crippen molar-refractivity contribution in [1.82, 2.24) is 0 Å². The van der Waals surface area contributed by atoms with E-state index < -0.39 is 0 Å². The highest BCUT2D eigenvalue weighted by Gasteiger charge is 2.29. The van der Waals surface area contributed by atoms with E-state index in [1.807, 2.05) is 0 Å². The number of nitrogens with two attached hydrogens (primary N) is 1. The lowest BCUT2D eigenvalue weighted by atomic mass is 10.0. The lowest BCUT2D eigenvalue weighted by Gasteiger charge is -2.04. The van der Waals surface area contributed by atoms with Gasteiger partial charge in [0.05, 0.1) is 0 Å². The van der Waals surface area contributed by atoms with Crippen LogP contribution in [0.15, 0.2) is 23.9 Å². The van der Waals surface area contributed by atoms with Crippen molar-refractivity contribution in [3.8, 4) is 0 Å². The largest absolute Gasteiger partial charge is 0.405 e. The fourth-order valence-corrected chi connectivity index (χ4v) is 1.85. The normalized spacial score (nSPS) is 42.9. The van der Waals surface area contributed by atoms with Crippen molar-refractivity contribution in [3.05, 3.63) is 23.9 Å². The van der Waals surface area contributed by atoms with E-state index in [4.69, 9.17) is 5.73 Å². The summed E-state index contributed by atoms with van der Waals surface area (Å²) in [5.41, 5.74) is 6.87. The molecule has 2 N–H and O–H groups in total. The lowest BCUT2D eigenvalue weighted by molar-refractivity contribution is 0.693. The second-order valence-electron chi connectivity index (χ2n) is 2.93. The van der Waals surface area contributed by atoms with Gasteiger partial charge in [-0.05, 0) is 36.5 Å². The first kappa shape index (κ1) is 5.10. The van der Waals surface area contributed by atoms with Gasteiger partial charge in [0.2, 0.25) is 0 Å². The summed E-state index contributed by atoms with van der Waals surface area (Å²) in [6, 6.07) is 0. The predicted molar refractivity (Wildman–Crippen MR) is 37.6 cm³/mol. The van der Waals surface area contributed by atoms with Crippen LogP contribution in [-0.2, 0) is 0 Å². The molecule has 0 aromatic rings. The zero-order valence-corrected chi connectivity index (χ0v) is 5.38. The maximum Gasteiger partial charge on any atom is -0.00000549 e. The molecular weight excluding hydrogens is 110 g/mol. The summed E-state index contributed by atoms with van der Waals surface area (Å²) in [4.78, 5) is 0. The summed E-state index contributed by atoms with van der Waals surface area (Å²) in [5.74, 6) is 1.53. The Labute approximate surface area is 55.2 Å². The minimum atomic E-state index is 0.708. The van der Waals surface area contributed by atoms with Crippen molar-refractivity contribution < 1.29 is 0 Å². The van der Waals surface area contributed by atoms with Crippen LogP contribution in [0.1, 0.15) is 12.8 Å². The molecule has 48 valence electrons. The minimum Gasteiger partial charge on any atom is -0.405 e. The Bertz CT molecular complexity index is 179. The molecule has 2 aliphatic rings. The molecule has 2 bridgehead atoms. The van der Waals surface area contributed by atoms with E-state index in [9.17, 15) is 0 Å². The summed E-state index contributed by atoms with van der Waals surface area (Å²) < 4.78 is 0. The van der Waals surface area contributed by atoms with Crippen molar-refractivity contribution in [2.24, 2.45) is 17.6 Å². The second-order valence-corrected chi connectivity index (χ2v) is 2.93. The number of hydrogen-bond donors (Lipinski definition) is 1. The molecule has 0 aliphatic heterocycles. The van der Waals surface area contributed by atoms with Gasteiger partial charge in [-0.1, -0.05) is 12.2 Å². The van der Waals surface area contributed by atoms with Crippen LogP contribution < -0.4 is 5.73 Å². The lowest BCUT2D eigenvalue weighted by Crippen LogP contribution is -1.95. The third-order valence-corrected chi connectivity index (χ3v) is 2.36. The number of allylic oxidation sites excluding steroid dienone is 3. The molecule has 1 heteroatoms. The van der Waals surface area contributed by atoms with Gasteiger partial charge in [-0.2, -0.15) is 0 Å². The molecule has 0 radical (unpaired) electrons. The van der Waals surface area contributed by atoms with Gasteiger partial charge in [-0.3, -0.25) is 0 Å². The monoisotopic (exact) mass is 121 g/mol. The molecule has 0 aromatic heterocycles. The highest BCUT2D eigenvalue weighted by molar-refractivity contribution is 5.26. The Balaban J connectivity index is 2.29.